The summed E-state index contributed by atoms with van der Waals surface area (Å²) in [6, 6.07) is 19.0. The summed E-state index contributed by atoms with van der Waals surface area (Å²) in [5.41, 5.74) is 0.721. The Kier molecular flexibility index (Phi) is 5.42. The Morgan fingerprint density at radius 3 is 2.63 bits per heavy atom. The van der Waals surface area contributed by atoms with Gasteiger partial charge in [-0.1, -0.05) is 35.9 Å². The van der Waals surface area contributed by atoms with E-state index in [1.54, 1.807) is 36.5 Å². The van der Waals surface area contributed by atoms with E-state index in [4.69, 9.17) is 21.6 Å². The fourth-order valence-electron chi connectivity index (χ4n) is 2.75. The molecule has 0 fully saturated rings. The Labute approximate surface area is 176 Å². The predicted octanol–water partition coefficient (Wildman–Crippen LogP) is 5.59. The standard InChI is InChI=1S/C22H14ClN5O2/c23-19-11-16(5-6-20(19)30-18-7-8-25-17(10-18)12-24)27-22(29)28-21-9-14-3-1-2-4-15(14)13-26-21/h1-11,13H,(H2,26,27,28,29). The van der Waals surface area contributed by atoms with Crippen molar-refractivity contribution in [3.8, 4) is 17.6 Å². The van der Waals surface area contributed by atoms with Crippen LogP contribution in [0.25, 0.3) is 10.8 Å². The number of hydrogen-bond donors (Lipinski definition) is 2. The van der Waals surface area contributed by atoms with Gasteiger partial charge < -0.3 is 10.1 Å². The summed E-state index contributed by atoms with van der Waals surface area (Å²) in [7, 11) is 0. The number of urea groups is 1. The van der Waals surface area contributed by atoms with Gasteiger partial charge >= 0.3 is 6.03 Å². The lowest BCUT2D eigenvalue weighted by atomic mass is 10.2. The van der Waals surface area contributed by atoms with E-state index in [1.165, 1.54) is 12.3 Å². The van der Waals surface area contributed by atoms with Crippen LogP contribution in [0.1, 0.15) is 5.69 Å². The summed E-state index contributed by atoms with van der Waals surface area (Å²) in [5, 5.41) is 16.6. The van der Waals surface area contributed by atoms with Crippen molar-refractivity contribution in [3.05, 3.63) is 83.8 Å². The smallest absolute Gasteiger partial charge is 0.324 e. The fourth-order valence-corrected chi connectivity index (χ4v) is 2.97. The number of pyridine rings is 2. The third kappa shape index (κ3) is 4.46. The van der Waals surface area contributed by atoms with Gasteiger partial charge in [-0.2, -0.15) is 5.26 Å². The topological polar surface area (TPSA) is 99.9 Å². The average Bonchev–Trinajstić information content (AvgIpc) is 2.75. The molecule has 0 unspecified atom stereocenters. The van der Waals surface area contributed by atoms with Crippen LogP contribution in [-0.2, 0) is 0 Å². The van der Waals surface area contributed by atoms with Crippen molar-refractivity contribution in [2.45, 2.75) is 0 Å². The highest BCUT2D eigenvalue weighted by Gasteiger charge is 2.09. The molecule has 7 nitrogen and oxygen atoms in total. The third-order valence-corrected chi connectivity index (χ3v) is 4.43. The van der Waals surface area contributed by atoms with E-state index in [-0.39, 0.29) is 5.69 Å². The Bertz CT molecular complexity index is 1290. The third-order valence-electron chi connectivity index (χ3n) is 4.14. The maximum atomic E-state index is 12.3. The van der Waals surface area contributed by atoms with Gasteiger partial charge in [0.05, 0.1) is 5.02 Å². The zero-order valence-corrected chi connectivity index (χ0v) is 16.2. The van der Waals surface area contributed by atoms with Gasteiger partial charge in [0.2, 0.25) is 0 Å². The molecule has 2 heterocycles. The van der Waals surface area contributed by atoms with Gasteiger partial charge in [0.15, 0.2) is 0 Å². The number of nitrogens with zero attached hydrogens (tertiary/aromatic N) is 3. The zero-order valence-electron chi connectivity index (χ0n) is 15.5. The highest BCUT2D eigenvalue weighted by Crippen LogP contribution is 2.31. The van der Waals surface area contributed by atoms with E-state index >= 15 is 0 Å². The number of nitrogens with one attached hydrogen (secondary N) is 2. The summed E-state index contributed by atoms with van der Waals surface area (Å²) in [4.78, 5) is 20.4. The van der Waals surface area contributed by atoms with Gasteiger partial charge in [0, 0.05) is 29.5 Å². The number of aromatic nitrogens is 2. The molecule has 2 amide bonds. The molecule has 0 saturated carbocycles. The van der Waals surface area contributed by atoms with E-state index in [2.05, 4.69) is 20.6 Å². The minimum absolute atomic E-state index is 0.237. The molecule has 0 atom stereocenters. The second-order valence-corrected chi connectivity index (χ2v) is 6.64. The molecular formula is C22H14ClN5O2. The van der Waals surface area contributed by atoms with Crippen LogP contribution in [0.5, 0.6) is 11.5 Å². The minimum atomic E-state index is -0.449. The summed E-state index contributed by atoms with van der Waals surface area (Å²) >= 11 is 6.27. The van der Waals surface area contributed by atoms with Crippen LogP contribution >= 0.6 is 11.6 Å². The lowest BCUT2D eigenvalue weighted by molar-refractivity contribution is 0.262. The van der Waals surface area contributed by atoms with Crippen molar-refractivity contribution in [3.63, 3.8) is 0 Å². The van der Waals surface area contributed by atoms with E-state index in [0.29, 0.717) is 28.0 Å². The Hall–Kier alpha value is -4.15. The molecule has 0 radical (unpaired) electrons. The highest BCUT2D eigenvalue weighted by molar-refractivity contribution is 6.32. The molecule has 0 aliphatic carbocycles. The predicted molar refractivity (Wildman–Crippen MR) is 115 cm³/mol. The van der Waals surface area contributed by atoms with Crippen LogP contribution in [0.3, 0.4) is 0 Å². The maximum Gasteiger partial charge on any atom is 0.324 e. The summed E-state index contributed by atoms with van der Waals surface area (Å²) in [6.07, 6.45) is 3.17. The molecule has 8 heteroatoms. The van der Waals surface area contributed by atoms with Crippen LogP contribution in [0.15, 0.2) is 73.1 Å². The second-order valence-electron chi connectivity index (χ2n) is 6.23. The van der Waals surface area contributed by atoms with Crippen LogP contribution in [0.2, 0.25) is 5.02 Å². The van der Waals surface area contributed by atoms with Gasteiger partial charge in [0.25, 0.3) is 0 Å². The molecule has 4 rings (SSSR count). The molecule has 2 aromatic heterocycles. The monoisotopic (exact) mass is 415 g/mol. The van der Waals surface area contributed by atoms with Crippen molar-refractivity contribution >= 4 is 39.9 Å². The number of carbonyl (C=O) groups is 1. The van der Waals surface area contributed by atoms with Crippen molar-refractivity contribution in [1.82, 2.24) is 9.97 Å². The first kappa shape index (κ1) is 19.2. The number of anilines is 2. The summed E-state index contributed by atoms with van der Waals surface area (Å²) in [6.45, 7) is 0. The SMILES string of the molecule is N#Cc1cc(Oc2ccc(NC(=O)Nc3cc4ccccc4cn3)cc2Cl)ccn1. The van der Waals surface area contributed by atoms with Crippen molar-refractivity contribution in [2.24, 2.45) is 0 Å². The first-order valence-corrected chi connectivity index (χ1v) is 9.25. The van der Waals surface area contributed by atoms with Crippen molar-refractivity contribution < 1.29 is 9.53 Å². The summed E-state index contributed by atoms with van der Waals surface area (Å²) in [5.74, 6) is 1.25. The molecule has 30 heavy (non-hydrogen) atoms. The molecule has 146 valence electrons. The number of amides is 2. The van der Waals surface area contributed by atoms with Crippen molar-refractivity contribution in [1.29, 1.82) is 5.26 Å². The minimum Gasteiger partial charge on any atom is -0.456 e. The average molecular weight is 416 g/mol. The number of benzene rings is 2. The zero-order chi connectivity index (χ0) is 20.9. The molecule has 2 aromatic carbocycles. The number of nitriles is 1. The molecule has 0 saturated heterocycles. The van der Waals surface area contributed by atoms with E-state index in [0.717, 1.165) is 10.8 Å². The lowest BCUT2D eigenvalue weighted by Crippen LogP contribution is -2.20. The largest absolute Gasteiger partial charge is 0.456 e. The van der Waals surface area contributed by atoms with Gasteiger partial charge in [-0.15, -0.1) is 0 Å². The first-order chi connectivity index (χ1) is 14.6. The van der Waals surface area contributed by atoms with Gasteiger partial charge in [-0.25, -0.2) is 14.8 Å². The second kappa shape index (κ2) is 8.47. The normalized spacial score (nSPS) is 10.3. The van der Waals surface area contributed by atoms with E-state index in [1.807, 2.05) is 30.3 Å². The molecular weight excluding hydrogens is 402 g/mol. The number of rotatable bonds is 4. The van der Waals surface area contributed by atoms with Crippen LogP contribution < -0.4 is 15.4 Å². The van der Waals surface area contributed by atoms with Gasteiger partial charge in [-0.05, 0) is 35.7 Å². The van der Waals surface area contributed by atoms with E-state index in [9.17, 15) is 4.79 Å². The molecule has 0 bridgehead atoms. The quantitative estimate of drug-likeness (QED) is 0.452. The fraction of sp³-hybridized carbons (Fsp3) is 0. The Morgan fingerprint density at radius 1 is 1.00 bits per heavy atom. The van der Waals surface area contributed by atoms with Crippen LogP contribution in [0.4, 0.5) is 16.3 Å². The van der Waals surface area contributed by atoms with E-state index < -0.39 is 6.03 Å². The number of ether oxygens (including phenoxy) is 1. The number of halogens is 1. The highest BCUT2D eigenvalue weighted by atomic mass is 35.5. The molecule has 2 N–H and O–H groups in total. The lowest BCUT2D eigenvalue weighted by Gasteiger charge is -2.11. The molecule has 0 aliphatic rings. The summed E-state index contributed by atoms with van der Waals surface area (Å²) < 4.78 is 5.69. The first-order valence-electron chi connectivity index (χ1n) is 8.87. The number of carbonyl (C=O) groups excluding carboxylic acids is 1. The van der Waals surface area contributed by atoms with Crippen LogP contribution in [-0.4, -0.2) is 16.0 Å². The van der Waals surface area contributed by atoms with Crippen molar-refractivity contribution in [2.75, 3.05) is 10.6 Å². The number of fused-ring (bicyclic) bond motifs is 1. The molecule has 4 aromatic rings. The number of hydrogen-bond acceptors (Lipinski definition) is 5. The maximum absolute atomic E-state index is 12.3. The Balaban J connectivity index is 1.43. The molecule has 0 spiro atoms. The van der Waals surface area contributed by atoms with Crippen LogP contribution in [0, 0.1) is 11.3 Å². The molecule has 0 aliphatic heterocycles. The van der Waals surface area contributed by atoms with Gasteiger partial charge in [0.1, 0.15) is 29.1 Å². The van der Waals surface area contributed by atoms with Gasteiger partial charge in [-0.3, -0.25) is 5.32 Å². The Morgan fingerprint density at radius 2 is 1.83 bits per heavy atom.